The van der Waals surface area contributed by atoms with Crippen molar-refractivity contribution in [3.05, 3.63) is 36.0 Å². The van der Waals surface area contributed by atoms with E-state index in [4.69, 9.17) is 11.5 Å². The molecule has 0 aliphatic heterocycles. The number of nitrogens with one attached hydrogen (secondary N) is 4. The Kier molecular flexibility index (Phi) is 10.8. The Morgan fingerprint density at radius 2 is 1.79 bits per heavy atom. The van der Waals surface area contributed by atoms with Crippen molar-refractivity contribution < 1.29 is 24.3 Å². The highest BCUT2D eigenvalue weighted by Gasteiger charge is 2.27. The molecule has 1 aromatic heterocycles. The van der Waals surface area contributed by atoms with Gasteiger partial charge in [0.15, 0.2) is 0 Å². The van der Waals surface area contributed by atoms with Gasteiger partial charge in [0.25, 0.3) is 0 Å². The predicted octanol–water partition coefficient (Wildman–Crippen LogP) is -0.733. The summed E-state index contributed by atoms with van der Waals surface area (Å²) in [7, 11) is 0. The summed E-state index contributed by atoms with van der Waals surface area (Å²) in [6, 6.07) is 4.42. The highest BCUT2D eigenvalue weighted by atomic mass is 32.1. The molecule has 3 atom stereocenters. The molecule has 0 bridgehead atoms. The molecule has 1 aromatic carbocycles. The van der Waals surface area contributed by atoms with Crippen molar-refractivity contribution in [2.24, 2.45) is 11.5 Å². The van der Waals surface area contributed by atoms with E-state index < -0.39 is 48.4 Å². The lowest BCUT2D eigenvalue weighted by molar-refractivity contribution is -0.142. The molecule has 0 saturated carbocycles. The second-order valence-electron chi connectivity index (χ2n) is 7.87. The third-order valence-corrected chi connectivity index (χ3v) is 5.66. The highest BCUT2D eigenvalue weighted by molar-refractivity contribution is 7.80. The van der Waals surface area contributed by atoms with Crippen LogP contribution in [0, 0.1) is 0 Å². The smallest absolute Gasteiger partial charge is 0.326 e. The van der Waals surface area contributed by atoms with Gasteiger partial charge in [-0.2, -0.15) is 12.6 Å². The van der Waals surface area contributed by atoms with Gasteiger partial charge in [-0.25, -0.2) is 4.79 Å². The molecular weight excluding hydrogens is 460 g/mol. The van der Waals surface area contributed by atoms with E-state index in [1.807, 2.05) is 24.3 Å². The normalized spacial score (nSPS) is 13.6. The second-order valence-corrected chi connectivity index (χ2v) is 8.24. The third kappa shape index (κ3) is 8.04. The number of carbonyl (C=O) groups excluding carboxylic acids is 3. The second kappa shape index (κ2) is 13.6. The van der Waals surface area contributed by atoms with Gasteiger partial charge in [0.05, 0.1) is 12.6 Å². The van der Waals surface area contributed by atoms with Gasteiger partial charge in [0.1, 0.15) is 12.1 Å². The Morgan fingerprint density at radius 1 is 1.06 bits per heavy atom. The Hall–Kier alpha value is -3.09. The zero-order valence-electron chi connectivity index (χ0n) is 18.8. The maximum Gasteiger partial charge on any atom is 0.326 e. The summed E-state index contributed by atoms with van der Waals surface area (Å²) < 4.78 is 0. The van der Waals surface area contributed by atoms with Crippen LogP contribution in [0.5, 0.6) is 0 Å². The molecule has 2 rings (SSSR count). The highest BCUT2D eigenvalue weighted by Crippen LogP contribution is 2.19. The number of aliphatic carboxylic acids is 1. The third-order valence-electron chi connectivity index (χ3n) is 5.27. The van der Waals surface area contributed by atoms with Crippen LogP contribution >= 0.6 is 12.6 Å². The Bertz CT molecular complexity index is 997. The molecule has 0 fully saturated rings. The predicted molar refractivity (Wildman–Crippen MR) is 131 cm³/mol. The van der Waals surface area contributed by atoms with E-state index in [-0.39, 0.29) is 18.6 Å². The van der Waals surface area contributed by atoms with Gasteiger partial charge < -0.3 is 37.5 Å². The number of para-hydroxylation sites is 1. The fraction of sp³-hybridized carbons (Fsp3) is 0.455. The number of unbranched alkanes of at least 4 members (excludes halogenated alkanes) is 1. The van der Waals surface area contributed by atoms with E-state index in [9.17, 15) is 24.3 Å². The van der Waals surface area contributed by atoms with Crippen LogP contribution in [0.3, 0.4) is 0 Å². The zero-order valence-corrected chi connectivity index (χ0v) is 19.6. The number of carboxylic acid groups (broad SMARTS) is 1. The molecule has 34 heavy (non-hydrogen) atoms. The fourth-order valence-corrected chi connectivity index (χ4v) is 3.54. The van der Waals surface area contributed by atoms with Crippen LogP contribution in [0.25, 0.3) is 10.9 Å². The van der Waals surface area contributed by atoms with Crippen molar-refractivity contribution >= 4 is 47.2 Å². The number of aromatic nitrogens is 1. The number of carboxylic acids is 1. The van der Waals surface area contributed by atoms with E-state index >= 15 is 0 Å². The molecular formula is C22H32N6O5S. The minimum atomic E-state index is -1.17. The monoisotopic (exact) mass is 492 g/mol. The number of hydrogen-bond donors (Lipinski definition) is 8. The van der Waals surface area contributed by atoms with Gasteiger partial charge in [-0.05, 0) is 37.4 Å². The molecule has 3 amide bonds. The summed E-state index contributed by atoms with van der Waals surface area (Å²) >= 11 is 3.94. The maximum atomic E-state index is 13.0. The van der Waals surface area contributed by atoms with Crippen molar-refractivity contribution in [1.29, 1.82) is 0 Å². The molecule has 0 aliphatic carbocycles. The van der Waals surface area contributed by atoms with E-state index in [2.05, 4.69) is 33.6 Å². The number of thiol groups is 1. The molecule has 0 radical (unpaired) electrons. The van der Waals surface area contributed by atoms with Gasteiger partial charge in [-0.1, -0.05) is 18.2 Å². The molecule has 0 aliphatic rings. The lowest BCUT2D eigenvalue weighted by Gasteiger charge is -2.22. The minimum Gasteiger partial charge on any atom is -0.480 e. The molecule has 11 nitrogen and oxygen atoms in total. The van der Waals surface area contributed by atoms with Crippen LogP contribution in [0.1, 0.15) is 24.8 Å². The van der Waals surface area contributed by atoms with Crippen LogP contribution in [-0.4, -0.2) is 70.7 Å². The number of hydrogen-bond acceptors (Lipinski definition) is 7. The van der Waals surface area contributed by atoms with Gasteiger partial charge in [0, 0.05) is 29.3 Å². The molecule has 0 spiro atoms. The average molecular weight is 493 g/mol. The van der Waals surface area contributed by atoms with E-state index in [1.165, 1.54) is 0 Å². The molecule has 12 heteroatoms. The average Bonchev–Trinajstić information content (AvgIpc) is 3.23. The number of benzene rings is 1. The summed E-state index contributed by atoms with van der Waals surface area (Å²) in [6.07, 6.45) is 3.22. The van der Waals surface area contributed by atoms with E-state index in [1.54, 1.807) is 6.20 Å². The number of fused-ring (bicyclic) bond motifs is 1. The van der Waals surface area contributed by atoms with Crippen LogP contribution < -0.4 is 27.4 Å². The van der Waals surface area contributed by atoms with Crippen molar-refractivity contribution in [1.82, 2.24) is 20.9 Å². The summed E-state index contributed by atoms with van der Waals surface area (Å²) in [5.41, 5.74) is 12.7. The lowest BCUT2D eigenvalue weighted by Crippen LogP contribution is -2.54. The maximum absolute atomic E-state index is 13.0. The van der Waals surface area contributed by atoms with Crippen LogP contribution in [0.15, 0.2) is 30.5 Å². The molecule has 2 aromatic rings. The van der Waals surface area contributed by atoms with Crippen LogP contribution in [0.4, 0.5) is 0 Å². The largest absolute Gasteiger partial charge is 0.480 e. The topological polar surface area (TPSA) is 192 Å². The number of aromatic amines is 1. The van der Waals surface area contributed by atoms with Crippen LogP contribution in [-0.2, 0) is 25.6 Å². The summed E-state index contributed by atoms with van der Waals surface area (Å²) in [6.45, 7) is 0.0267. The fourth-order valence-electron chi connectivity index (χ4n) is 3.38. The first-order valence-corrected chi connectivity index (χ1v) is 11.6. The van der Waals surface area contributed by atoms with Gasteiger partial charge in [-0.15, -0.1) is 0 Å². The Morgan fingerprint density at radius 3 is 2.47 bits per heavy atom. The number of nitrogens with two attached hydrogens (primary N) is 2. The van der Waals surface area contributed by atoms with Crippen molar-refractivity contribution in [2.45, 2.75) is 43.8 Å². The Balaban J connectivity index is 2.15. The molecule has 1 heterocycles. The van der Waals surface area contributed by atoms with Gasteiger partial charge in [-0.3, -0.25) is 14.4 Å². The van der Waals surface area contributed by atoms with Gasteiger partial charge >= 0.3 is 5.97 Å². The van der Waals surface area contributed by atoms with Crippen LogP contribution in [0.2, 0.25) is 0 Å². The summed E-state index contributed by atoms with van der Waals surface area (Å²) in [5.74, 6) is -2.86. The van der Waals surface area contributed by atoms with E-state index in [0.717, 1.165) is 16.5 Å². The van der Waals surface area contributed by atoms with Crippen molar-refractivity contribution in [3.8, 4) is 0 Å². The first-order chi connectivity index (χ1) is 16.3. The lowest BCUT2D eigenvalue weighted by atomic mass is 10.0. The molecule has 186 valence electrons. The quantitative estimate of drug-likeness (QED) is 0.126. The Labute approximate surface area is 202 Å². The SMILES string of the molecule is NCCCCC(NC(=O)C(Cc1c[nH]c2ccccc12)NC(=O)CNC(=O)C(N)CS)C(=O)O. The molecule has 9 N–H and O–H groups in total. The van der Waals surface area contributed by atoms with Gasteiger partial charge in [0.2, 0.25) is 17.7 Å². The molecule has 3 unspecified atom stereocenters. The molecule has 0 saturated heterocycles. The first-order valence-electron chi connectivity index (χ1n) is 11.0. The number of amides is 3. The van der Waals surface area contributed by atoms with E-state index in [0.29, 0.717) is 19.4 Å². The summed E-state index contributed by atoms with van der Waals surface area (Å²) in [4.78, 5) is 52.1. The number of rotatable bonds is 14. The number of carbonyl (C=O) groups is 4. The van der Waals surface area contributed by atoms with Crippen molar-refractivity contribution in [3.63, 3.8) is 0 Å². The standard InChI is InChI=1S/C22H32N6O5S/c23-8-4-3-7-17(22(32)33)28-21(31)18(27-19(29)11-26-20(30)15(24)12-34)9-13-10-25-16-6-2-1-5-14(13)16/h1-2,5-6,10,15,17-18,25,34H,3-4,7-9,11-12,23-24H2,(H,26,30)(H,27,29)(H,28,31)(H,32,33). The minimum absolute atomic E-state index is 0.111. The van der Waals surface area contributed by atoms with Crippen molar-refractivity contribution in [2.75, 3.05) is 18.8 Å². The zero-order chi connectivity index (χ0) is 25.1. The first kappa shape index (κ1) is 27.2. The number of H-pyrrole nitrogens is 1. The summed E-state index contributed by atoms with van der Waals surface area (Å²) in [5, 5.41) is 17.9.